The number of hydrogen-bond donors (Lipinski definition) is 1. The van der Waals surface area contributed by atoms with Gasteiger partial charge >= 0.3 is 5.97 Å². The number of rotatable bonds is 7. The third kappa shape index (κ3) is 3.59. The number of nitrogens with one attached hydrogen (secondary N) is 1. The molecule has 2 aliphatic heterocycles. The molecule has 0 radical (unpaired) electrons. The molecule has 2 heterocycles. The first-order valence-corrected chi connectivity index (χ1v) is 10.2. The van der Waals surface area contributed by atoms with Crippen molar-refractivity contribution in [2.24, 2.45) is 0 Å². The fourth-order valence-corrected chi connectivity index (χ4v) is 4.19. The Kier molecular flexibility index (Phi) is 5.89. The van der Waals surface area contributed by atoms with Gasteiger partial charge in [-0.3, -0.25) is 14.5 Å². The molecular formula is C23H24N2O7. The van der Waals surface area contributed by atoms with Crippen LogP contribution in [0.15, 0.2) is 36.4 Å². The van der Waals surface area contributed by atoms with Gasteiger partial charge in [0.1, 0.15) is 17.4 Å². The fraction of sp³-hybridized carbons (Fsp3) is 0.348. The van der Waals surface area contributed by atoms with Crippen molar-refractivity contribution in [3.63, 3.8) is 0 Å². The van der Waals surface area contributed by atoms with Gasteiger partial charge in [-0.05, 0) is 24.6 Å². The average Bonchev–Trinajstić information content (AvgIpc) is 3.36. The summed E-state index contributed by atoms with van der Waals surface area (Å²) >= 11 is 0. The molecule has 1 fully saturated rings. The SMILES string of the molecule is COc1ccccc1CNC(=O)[C@H]1CCC(=O)N1[C@@H]1OC(=O)c2c1ccc(OC)c2OC. The summed E-state index contributed by atoms with van der Waals surface area (Å²) in [6.45, 7) is 0.243. The van der Waals surface area contributed by atoms with Crippen LogP contribution in [0.4, 0.5) is 0 Å². The van der Waals surface area contributed by atoms with Crippen molar-refractivity contribution >= 4 is 17.8 Å². The number of carbonyl (C=O) groups is 3. The summed E-state index contributed by atoms with van der Waals surface area (Å²) in [5.41, 5.74) is 1.48. The van der Waals surface area contributed by atoms with Crippen LogP contribution in [-0.4, -0.2) is 50.1 Å². The van der Waals surface area contributed by atoms with E-state index in [1.807, 2.05) is 24.3 Å². The van der Waals surface area contributed by atoms with Crippen LogP contribution in [0, 0.1) is 0 Å². The number of ether oxygens (including phenoxy) is 4. The smallest absolute Gasteiger partial charge is 0.344 e. The van der Waals surface area contributed by atoms with Gasteiger partial charge in [-0.2, -0.15) is 0 Å². The maximum atomic E-state index is 13.0. The number of para-hydroxylation sites is 1. The molecule has 2 aromatic carbocycles. The summed E-state index contributed by atoms with van der Waals surface area (Å²) in [5, 5.41) is 2.87. The van der Waals surface area contributed by atoms with Crippen LogP contribution in [0.3, 0.4) is 0 Å². The highest BCUT2D eigenvalue weighted by molar-refractivity contribution is 5.99. The Balaban J connectivity index is 1.58. The zero-order valence-electron chi connectivity index (χ0n) is 18.0. The number of likely N-dealkylation sites (tertiary alicyclic amines) is 1. The van der Waals surface area contributed by atoms with E-state index in [1.54, 1.807) is 19.2 Å². The van der Waals surface area contributed by atoms with E-state index in [9.17, 15) is 14.4 Å². The minimum absolute atomic E-state index is 0.184. The number of nitrogens with zero attached hydrogens (tertiary/aromatic N) is 1. The third-order valence-corrected chi connectivity index (χ3v) is 5.72. The van der Waals surface area contributed by atoms with E-state index in [0.717, 1.165) is 5.56 Å². The maximum absolute atomic E-state index is 13.0. The molecule has 0 aliphatic carbocycles. The van der Waals surface area contributed by atoms with Crippen LogP contribution in [0.2, 0.25) is 0 Å². The second kappa shape index (κ2) is 8.78. The van der Waals surface area contributed by atoms with Gasteiger partial charge in [0.25, 0.3) is 0 Å². The van der Waals surface area contributed by atoms with E-state index in [0.29, 0.717) is 23.5 Å². The molecule has 9 nitrogen and oxygen atoms in total. The summed E-state index contributed by atoms with van der Waals surface area (Å²) in [5.74, 6) is 0.0547. The largest absolute Gasteiger partial charge is 0.496 e. The zero-order valence-corrected chi connectivity index (χ0v) is 18.0. The predicted octanol–water partition coefficient (Wildman–Crippen LogP) is 2.19. The molecule has 0 bridgehead atoms. The highest BCUT2D eigenvalue weighted by atomic mass is 16.6. The van der Waals surface area contributed by atoms with Gasteiger partial charge < -0.3 is 24.3 Å². The number of carbonyl (C=O) groups excluding carboxylic acids is 3. The van der Waals surface area contributed by atoms with Crippen LogP contribution >= 0.6 is 0 Å². The predicted molar refractivity (Wildman–Crippen MR) is 112 cm³/mol. The number of hydrogen-bond acceptors (Lipinski definition) is 7. The molecule has 0 saturated carbocycles. The molecule has 0 unspecified atom stereocenters. The van der Waals surface area contributed by atoms with Crippen molar-refractivity contribution in [3.05, 3.63) is 53.1 Å². The third-order valence-electron chi connectivity index (χ3n) is 5.72. The van der Waals surface area contributed by atoms with Crippen molar-refractivity contribution < 1.29 is 33.3 Å². The van der Waals surface area contributed by atoms with Crippen LogP contribution in [-0.2, 0) is 20.9 Å². The Bertz CT molecular complexity index is 1070. The van der Waals surface area contributed by atoms with Crippen molar-refractivity contribution in [1.82, 2.24) is 10.2 Å². The molecule has 32 heavy (non-hydrogen) atoms. The van der Waals surface area contributed by atoms with Gasteiger partial charge in [0, 0.05) is 24.1 Å². The van der Waals surface area contributed by atoms with Crippen LogP contribution < -0.4 is 19.5 Å². The molecular weight excluding hydrogens is 416 g/mol. The van der Waals surface area contributed by atoms with Crippen molar-refractivity contribution in [2.75, 3.05) is 21.3 Å². The van der Waals surface area contributed by atoms with Gasteiger partial charge in [-0.25, -0.2) is 4.79 Å². The Morgan fingerprint density at radius 3 is 2.53 bits per heavy atom. The molecule has 0 aromatic heterocycles. The van der Waals surface area contributed by atoms with E-state index in [2.05, 4.69) is 5.32 Å². The van der Waals surface area contributed by atoms with Gasteiger partial charge in [-0.1, -0.05) is 18.2 Å². The summed E-state index contributed by atoms with van der Waals surface area (Å²) in [4.78, 5) is 39.7. The molecule has 2 atom stereocenters. The second-order valence-electron chi connectivity index (χ2n) is 7.41. The maximum Gasteiger partial charge on any atom is 0.344 e. The van der Waals surface area contributed by atoms with Crippen LogP contribution in [0.5, 0.6) is 17.2 Å². The first-order chi connectivity index (χ1) is 15.5. The first-order valence-electron chi connectivity index (χ1n) is 10.2. The number of fused-ring (bicyclic) bond motifs is 1. The lowest BCUT2D eigenvalue weighted by molar-refractivity contribution is -0.145. The minimum atomic E-state index is -1.01. The van der Waals surface area contributed by atoms with E-state index in [1.165, 1.54) is 19.1 Å². The average molecular weight is 440 g/mol. The number of cyclic esters (lactones) is 1. The number of amides is 2. The Morgan fingerprint density at radius 2 is 1.81 bits per heavy atom. The molecule has 168 valence electrons. The summed E-state index contributed by atoms with van der Waals surface area (Å²) in [6.07, 6.45) is -0.495. The molecule has 4 rings (SSSR count). The number of esters is 1. The molecule has 2 amide bonds. The van der Waals surface area contributed by atoms with E-state index in [4.69, 9.17) is 18.9 Å². The standard InChI is InChI=1S/C23H24N2O7/c1-29-16-7-5-4-6-13(16)12-24-21(27)15-9-11-18(26)25(15)22-14-8-10-17(30-2)20(31-3)19(14)23(28)32-22/h4-8,10,15,22H,9,11-12H2,1-3H3,(H,24,27)/t15-,22-/m1/s1. The monoisotopic (exact) mass is 440 g/mol. The second-order valence-corrected chi connectivity index (χ2v) is 7.41. The molecule has 1 saturated heterocycles. The van der Waals surface area contributed by atoms with Crippen molar-refractivity contribution in [2.45, 2.75) is 31.7 Å². The number of benzene rings is 2. The lowest BCUT2D eigenvalue weighted by atomic mass is 10.0. The van der Waals surface area contributed by atoms with Crippen molar-refractivity contribution in [1.29, 1.82) is 0 Å². The van der Waals surface area contributed by atoms with Gasteiger partial charge in [-0.15, -0.1) is 0 Å². The minimum Gasteiger partial charge on any atom is -0.496 e. The molecule has 2 aromatic rings. The Hall–Kier alpha value is -3.75. The summed E-state index contributed by atoms with van der Waals surface area (Å²) < 4.78 is 21.5. The number of methoxy groups -OCH3 is 3. The van der Waals surface area contributed by atoms with Gasteiger partial charge in [0.05, 0.1) is 21.3 Å². The highest BCUT2D eigenvalue weighted by Gasteiger charge is 2.47. The lowest BCUT2D eigenvalue weighted by Crippen LogP contribution is -2.46. The van der Waals surface area contributed by atoms with Gasteiger partial charge in [0.2, 0.25) is 18.0 Å². The Labute approximate surface area is 185 Å². The van der Waals surface area contributed by atoms with Crippen molar-refractivity contribution in [3.8, 4) is 17.2 Å². The normalized spacial score (nSPS) is 19.4. The first kappa shape index (κ1) is 21.5. The van der Waals surface area contributed by atoms with E-state index in [-0.39, 0.29) is 36.1 Å². The summed E-state index contributed by atoms with van der Waals surface area (Å²) in [7, 11) is 4.45. The highest BCUT2D eigenvalue weighted by Crippen LogP contribution is 2.45. The lowest BCUT2D eigenvalue weighted by Gasteiger charge is -2.29. The molecule has 9 heteroatoms. The molecule has 0 spiro atoms. The quantitative estimate of drug-likeness (QED) is 0.658. The fourth-order valence-electron chi connectivity index (χ4n) is 4.19. The van der Waals surface area contributed by atoms with Crippen LogP contribution in [0.1, 0.15) is 40.6 Å². The van der Waals surface area contributed by atoms with Crippen LogP contribution in [0.25, 0.3) is 0 Å². The summed E-state index contributed by atoms with van der Waals surface area (Å²) in [6, 6.07) is 9.89. The van der Waals surface area contributed by atoms with E-state index < -0.39 is 18.2 Å². The molecule has 2 aliphatic rings. The Morgan fingerprint density at radius 1 is 1.06 bits per heavy atom. The molecule has 1 N–H and O–H groups in total. The van der Waals surface area contributed by atoms with Gasteiger partial charge in [0.15, 0.2) is 11.5 Å². The topological polar surface area (TPSA) is 103 Å². The zero-order chi connectivity index (χ0) is 22.8. The van der Waals surface area contributed by atoms with E-state index >= 15 is 0 Å².